The van der Waals surface area contributed by atoms with Gasteiger partial charge in [0.25, 0.3) is 5.91 Å². The van der Waals surface area contributed by atoms with E-state index in [1.54, 1.807) is 18.3 Å². The first-order valence-corrected chi connectivity index (χ1v) is 7.54. The zero-order chi connectivity index (χ0) is 18.2. The highest BCUT2D eigenvalue weighted by Crippen LogP contribution is 2.31. The van der Waals surface area contributed by atoms with Crippen molar-refractivity contribution in [3.8, 4) is 17.6 Å². The Morgan fingerprint density at radius 3 is 2.28 bits per heavy atom. The van der Waals surface area contributed by atoms with E-state index < -0.39 is 5.91 Å². The van der Waals surface area contributed by atoms with Crippen molar-refractivity contribution in [3.05, 3.63) is 65.4 Å². The van der Waals surface area contributed by atoms with Gasteiger partial charge in [0.1, 0.15) is 17.1 Å². The summed E-state index contributed by atoms with van der Waals surface area (Å²) in [4.78, 5) is 11.6. The predicted octanol–water partition coefficient (Wildman–Crippen LogP) is 2.86. The molecule has 0 fully saturated rings. The Morgan fingerprint density at radius 1 is 1.20 bits per heavy atom. The van der Waals surface area contributed by atoms with Gasteiger partial charge in [0.2, 0.25) is 0 Å². The molecule has 2 aromatic rings. The number of rotatable bonds is 7. The minimum atomic E-state index is -0.637. The van der Waals surface area contributed by atoms with Crippen LogP contribution in [0.1, 0.15) is 15.9 Å². The summed E-state index contributed by atoms with van der Waals surface area (Å²) in [6.07, 6.45) is 2.00. The topological polar surface area (TPSA) is 97.4 Å². The van der Waals surface area contributed by atoms with Crippen LogP contribution in [0.5, 0.6) is 11.5 Å². The lowest BCUT2D eigenvalue weighted by molar-refractivity contribution is 0.0994. The highest BCUT2D eigenvalue weighted by atomic mass is 16.5. The van der Waals surface area contributed by atoms with Crippen LogP contribution in [0.3, 0.4) is 0 Å². The fraction of sp³-hybridized carbons (Fsp3) is 0.158. The number of benzene rings is 2. The summed E-state index contributed by atoms with van der Waals surface area (Å²) in [6, 6.07) is 15.0. The van der Waals surface area contributed by atoms with E-state index in [-0.39, 0.29) is 5.56 Å². The third-order valence-electron chi connectivity index (χ3n) is 3.54. The average molecular weight is 337 g/mol. The van der Waals surface area contributed by atoms with Crippen molar-refractivity contribution in [2.75, 3.05) is 19.5 Å². The molecule has 0 spiro atoms. The second-order valence-corrected chi connectivity index (χ2v) is 5.21. The van der Waals surface area contributed by atoms with Crippen LogP contribution in [0.4, 0.5) is 5.69 Å². The molecule has 0 aliphatic heterocycles. The van der Waals surface area contributed by atoms with E-state index in [0.717, 1.165) is 11.3 Å². The molecule has 1 amide bonds. The van der Waals surface area contributed by atoms with Crippen molar-refractivity contribution in [2.45, 2.75) is 6.42 Å². The third-order valence-corrected chi connectivity index (χ3v) is 3.54. The van der Waals surface area contributed by atoms with Crippen LogP contribution >= 0.6 is 0 Å². The number of hydrogen-bond acceptors (Lipinski definition) is 5. The molecule has 0 saturated heterocycles. The van der Waals surface area contributed by atoms with Gasteiger partial charge in [-0.3, -0.25) is 4.79 Å². The number of nitrogens with two attached hydrogens (primary N) is 1. The van der Waals surface area contributed by atoms with Crippen LogP contribution in [-0.2, 0) is 6.42 Å². The van der Waals surface area contributed by atoms with Gasteiger partial charge in [-0.1, -0.05) is 18.2 Å². The number of nitrogens with zero attached hydrogens (tertiary/aromatic N) is 1. The molecule has 128 valence electrons. The molecule has 0 unspecified atom stereocenters. The second-order valence-electron chi connectivity index (χ2n) is 5.21. The van der Waals surface area contributed by atoms with Crippen LogP contribution in [0, 0.1) is 11.3 Å². The highest BCUT2D eigenvalue weighted by molar-refractivity contribution is 5.98. The van der Waals surface area contributed by atoms with Gasteiger partial charge in [-0.25, -0.2) is 0 Å². The van der Waals surface area contributed by atoms with Gasteiger partial charge in [-0.2, -0.15) is 5.26 Å². The summed E-state index contributed by atoms with van der Waals surface area (Å²) in [7, 11) is 2.89. The van der Waals surface area contributed by atoms with Crippen molar-refractivity contribution in [1.29, 1.82) is 5.26 Å². The molecule has 0 saturated carbocycles. The molecule has 3 N–H and O–H groups in total. The molecule has 6 nitrogen and oxygen atoms in total. The Hall–Kier alpha value is -3.46. The summed E-state index contributed by atoms with van der Waals surface area (Å²) in [5, 5.41) is 12.4. The van der Waals surface area contributed by atoms with E-state index in [9.17, 15) is 10.1 Å². The van der Waals surface area contributed by atoms with Crippen LogP contribution in [0.15, 0.2) is 54.2 Å². The summed E-state index contributed by atoms with van der Waals surface area (Å²) >= 11 is 0. The van der Waals surface area contributed by atoms with Crippen LogP contribution in [0.2, 0.25) is 0 Å². The monoisotopic (exact) mass is 337 g/mol. The van der Waals surface area contributed by atoms with Gasteiger partial charge < -0.3 is 20.5 Å². The van der Waals surface area contributed by atoms with Crippen molar-refractivity contribution < 1.29 is 14.3 Å². The van der Waals surface area contributed by atoms with E-state index in [2.05, 4.69) is 11.4 Å². The first-order chi connectivity index (χ1) is 12.1. The Kier molecular flexibility index (Phi) is 6.02. The number of carbonyl (C=O) groups excluding carboxylic acids is 1. The minimum absolute atomic E-state index is 0.179. The molecule has 0 aliphatic rings. The maximum Gasteiger partial charge on any atom is 0.256 e. The van der Waals surface area contributed by atoms with Crippen molar-refractivity contribution in [1.82, 2.24) is 0 Å². The van der Waals surface area contributed by atoms with Gasteiger partial charge in [-0.05, 0) is 29.8 Å². The van der Waals surface area contributed by atoms with Gasteiger partial charge in [-0.15, -0.1) is 0 Å². The van der Waals surface area contributed by atoms with E-state index in [0.29, 0.717) is 23.5 Å². The number of nitrogens with one attached hydrogen (secondary N) is 1. The van der Waals surface area contributed by atoms with Crippen LogP contribution in [-0.4, -0.2) is 20.1 Å². The summed E-state index contributed by atoms with van der Waals surface area (Å²) in [5.41, 5.74) is 7.73. The molecule has 0 radical (unpaired) electrons. The van der Waals surface area contributed by atoms with Gasteiger partial charge >= 0.3 is 0 Å². The lowest BCUT2D eigenvalue weighted by atomic mass is 10.0. The van der Waals surface area contributed by atoms with E-state index in [1.807, 2.05) is 30.3 Å². The van der Waals surface area contributed by atoms with Gasteiger partial charge in [0.05, 0.1) is 20.3 Å². The molecule has 0 heterocycles. The number of para-hydroxylation sites is 1. The zero-order valence-corrected chi connectivity index (χ0v) is 14.1. The normalized spacial score (nSPS) is 10.7. The molecule has 2 aromatic carbocycles. The predicted molar refractivity (Wildman–Crippen MR) is 95.5 cm³/mol. The SMILES string of the molecule is COc1cc(CC(C#N)=CNc2ccccc2)cc(OC)c1C(N)=O. The lowest BCUT2D eigenvalue weighted by Crippen LogP contribution is -2.14. The molecule has 2 rings (SSSR count). The summed E-state index contributed by atoms with van der Waals surface area (Å²) in [6.45, 7) is 0. The maximum absolute atomic E-state index is 11.6. The molecule has 0 atom stereocenters. The number of nitriles is 1. The molecule has 6 heteroatoms. The number of carbonyl (C=O) groups is 1. The number of allylic oxidation sites excluding steroid dienone is 1. The molecular formula is C19H19N3O3. The van der Waals surface area contributed by atoms with Crippen molar-refractivity contribution >= 4 is 11.6 Å². The quantitative estimate of drug-likeness (QED) is 0.757. The molecule has 0 bridgehead atoms. The number of amides is 1. The molecule has 0 aliphatic carbocycles. The van der Waals surface area contributed by atoms with Gasteiger partial charge in [0.15, 0.2) is 0 Å². The fourth-order valence-corrected chi connectivity index (χ4v) is 2.36. The number of anilines is 1. The number of ether oxygens (including phenoxy) is 2. The summed E-state index contributed by atoms with van der Waals surface area (Å²) in [5.74, 6) is -0.00707. The van der Waals surface area contributed by atoms with E-state index in [1.165, 1.54) is 14.2 Å². The number of primary amides is 1. The Morgan fingerprint density at radius 2 is 1.80 bits per heavy atom. The minimum Gasteiger partial charge on any atom is -0.496 e. The largest absolute Gasteiger partial charge is 0.496 e. The molecule has 25 heavy (non-hydrogen) atoms. The van der Waals surface area contributed by atoms with E-state index >= 15 is 0 Å². The standard InChI is InChI=1S/C19H19N3O3/c1-24-16-9-13(10-17(25-2)18(16)19(21)23)8-14(11-20)12-22-15-6-4-3-5-7-15/h3-7,9-10,12,22H,8H2,1-2H3,(H2,21,23). The molecule has 0 aromatic heterocycles. The summed E-state index contributed by atoms with van der Waals surface area (Å²) < 4.78 is 10.5. The smallest absolute Gasteiger partial charge is 0.256 e. The average Bonchev–Trinajstić information content (AvgIpc) is 2.64. The number of methoxy groups -OCH3 is 2. The van der Waals surface area contributed by atoms with Crippen LogP contribution < -0.4 is 20.5 Å². The first-order valence-electron chi connectivity index (χ1n) is 7.54. The lowest BCUT2D eigenvalue weighted by Gasteiger charge is -2.13. The van der Waals surface area contributed by atoms with E-state index in [4.69, 9.17) is 15.2 Å². The van der Waals surface area contributed by atoms with Crippen LogP contribution in [0.25, 0.3) is 0 Å². The Bertz CT molecular complexity index is 799. The Labute approximate surface area is 146 Å². The number of hydrogen-bond donors (Lipinski definition) is 2. The second kappa shape index (κ2) is 8.41. The zero-order valence-electron chi connectivity index (χ0n) is 14.1. The first kappa shape index (κ1) is 17.9. The highest BCUT2D eigenvalue weighted by Gasteiger charge is 2.17. The molecular weight excluding hydrogens is 318 g/mol. The third kappa shape index (κ3) is 4.52. The maximum atomic E-state index is 11.6. The van der Waals surface area contributed by atoms with Crippen molar-refractivity contribution in [2.24, 2.45) is 5.73 Å². The fourth-order valence-electron chi connectivity index (χ4n) is 2.36. The Balaban J connectivity index is 2.28. The van der Waals surface area contributed by atoms with Gasteiger partial charge in [0, 0.05) is 23.9 Å². The van der Waals surface area contributed by atoms with Crippen molar-refractivity contribution in [3.63, 3.8) is 0 Å².